The average Bonchev–Trinajstić information content (AvgIpc) is 3.02. The highest BCUT2D eigenvalue weighted by Gasteiger charge is 2.29. The summed E-state index contributed by atoms with van der Waals surface area (Å²) in [6, 6.07) is 6.21. The molecule has 0 unspecified atom stereocenters. The van der Waals surface area contributed by atoms with Crippen molar-refractivity contribution < 1.29 is 18.0 Å². The molecule has 6 N–H and O–H groups in total. The number of hydrogen-bond donors (Lipinski definition) is 3. The molecule has 12 heteroatoms. The average molecular weight is 542 g/mol. The van der Waals surface area contributed by atoms with Crippen molar-refractivity contribution in [1.82, 2.24) is 9.80 Å². The van der Waals surface area contributed by atoms with Crippen molar-refractivity contribution in [3.63, 3.8) is 0 Å². The summed E-state index contributed by atoms with van der Waals surface area (Å²) in [5, 5.41) is 1.14. The summed E-state index contributed by atoms with van der Waals surface area (Å²) in [6.07, 6.45) is 7.71. The molecule has 1 amide bonds. The van der Waals surface area contributed by atoms with Crippen molar-refractivity contribution in [2.75, 3.05) is 43.2 Å². The molecule has 0 aliphatic carbocycles. The number of anilines is 1. The van der Waals surface area contributed by atoms with Gasteiger partial charge in [0.2, 0.25) is 5.91 Å². The predicted octanol–water partition coefficient (Wildman–Crippen LogP) is 1.03. The molecule has 0 atom stereocenters. The van der Waals surface area contributed by atoms with E-state index in [4.69, 9.17) is 17.3 Å². The summed E-state index contributed by atoms with van der Waals surface area (Å²) in [5.41, 5.74) is 14.1. The van der Waals surface area contributed by atoms with Crippen molar-refractivity contribution in [3.05, 3.63) is 77.3 Å². The lowest BCUT2D eigenvalue weighted by molar-refractivity contribution is -0.116. The number of benzene rings is 1. The second-order valence-corrected chi connectivity index (χ2v) is 11.4. The lowest BCUT2D eigenvalue weighted by Crippen LogP contribution is -2.40. The van der Waals surface area contributed by atoms with Gasteiger partial charge in [-0.25, -0.2) is 14.3 Å². The number of carbonyl (C=O) groups excluding carboxylic acids is 2. The van der Waals surface area contributed by atoms with Gasteiger partial charge < -0.3 is 21.3 Å². The van der Waals surface area contributed by atoms with E-state index in [1.807, 2.05) is 28.9 Å². The number of aliphatic imine (C=N–C) groups is 1. The van der Waals surface area contributed by atoms with E-state index in [0.717, 1.165) is 35.6 Å². The van der Waals surface area contributed by atoms with E-state index in [9.17, 15) is 18.0 Å². The number of hydrogen-bond acceptors (Lipinski definition) is 10. The first-order chi connectivity index (χ1) is 17.9. The van der Waals surface area contributed by atoms with E-state index in [1.54, 1.807) is 18.2 Å². The molecule has 0 radical (unpaired) electrons. The van der Waals surface area contributed by atoms with Crippen LogP contribution in [0, 0.1) is 0 Å². The van der Waals surface area contributed by atoms with E-state index >= 15 is 0 Å². The number of hydrazine groups is 1. The number of sulfone groups is 1. The molecule has 0 saturated heterocycles. The number of rotatable bonds is 9. The van der Waals surface area contributed by atoms with Crippen molar-refractivity contribution >= 4 is 33.2 Å². The number of nitrogens with two attached hydrogens (primary N) is 3. The molecule has 2 heterocycles. The Bertz CT molecular complexity index is 1340. The molecule has 0 saturated carbocycles. The van der Waals surface area contributed by atoms with Crippen LogP contribution in [0.15, 0.2) is 76.7 Å². The topological polar surface area (TPSA) is 168 Å². The smallest absolute Gasteiger partial charge is 0.248 e. The van der Waals surface area contributed by atoms with E-state index in [-0.39, 0.29) is 29.3 Å². The molecule has 0 spiro atoms. The Morgan fingerprint density at radius 1 is 1.26 bits per heavy atom. The van der Waals surface area contributed by atoms with Crippen molar-refractivity contribution in [3.8, 4) is 0 Å². The van der Waals surface area contributed by atoms with Crippen LogP contribution in [0.25, 0.3) is 0 Å². The van der Waals surface area contributed by atoms with Gasteiger partial charge in [-0.2, -0.15) is 0 Å². The molecule has 0 fully saturated rings. The highest BCUT2D eigenvalue weighted by atomic mass is 32.2. The maximum atomic E-state index is 13.5. The largest absolute Gasteiger partial charge is 0.370 e. The molecule has 2 aliphatic rings. The molecule has 1 aromatic rings. The zero-order chi connectivity index (χ0) is 28.0. The fourth-order valence-corrected chi connectivity index (χ4v) is 5.29. The molecule has 11 nitrogen and oxygen atoms in total. The van der Waals surface area contributed by atoms with E-state index < -0.39 is 15.7 Å². The molecular formula is C26H35N7O4S. The van der Waals surface area contributed by atoms with Gasteiger partial charge >= 0.3 is 0 Å². The molecule has 1 aromatic carbocycles. The van der Waals surface area contributed by atoms with E-state index in [2.05, 4.69) is 11.6 Å². The van der Waals surface area contributed by atoms with Crippen molar-refractivity contribution in [2.45, 2.75) is 19.8 Å². The summed E-state index contributed by atoms with van der Waals surface area (Å²) >= 11 is 0. The standard InChI is InChI=1S/C26H35N7O4S/c1-4-21(32-13-6-12-30-26(32)28)10-9-18(2)31-14-11-20(17-38(3,36)37)24(23(34)16-31)33(29)22-8-5-7-19(15-22)25(27)35/h4-5,7-10,15H,1,6,11-14,16-17,29H2,2-3H3,(H2,27,35)(H2,28,30)/b18-9+,21-10+. The minimum atomic E-state index is -3.46. The quantitative estimate of drug-likeness (QED) is 0.235. The number of carbonyl (C=O) groups is 2. The van der Waals surface area contributed by atoms with Crippen molar-refractivity contribution in [2.24, 2.45) is 22.3 Å². The van der Waals surface area contributed by atoms with Crippen LogP contribution in [-0.2, 0) is 14.6 Å². The monoisotopic (exact) mass is 541 g/mol. The third kappa shape index (κ3) is 7.11. The normalized spacial score (nSPS) is 17.8. The zero-order valence-corrected chi connectivity index (χ0v) is 22.6. The fraction of sp³-hybridized carbons (Fsp3) is 0.346. The van der Waals surface area contributed by atoms with Crippen molar-refractivity contribution in [1.29, 1.82) is 0 Å². The molecule has 0 bridgehead atoms. The van der Waals surface area contributed by atoms with Crippen LogP contribution in [0.2, 0.25) is 0 Å². The van der Waals surface area contributed by atoms with Crippen LogP contribution in [0.1, 0.15) is 30.1 Å². The Morgan fingerprint density at radius 3 is 2.63 bits per heavy atom. The third-order valence-electron chi connectivity index (χ3n) is 6.31. The van der Waals surface area contributed by atoms with Gasteiger partial charge in [0.05, 0.1) is 18.0 Å². The molecule has 204 valence electrons. The Balaban J connectivity index is 1.92. The van der Waals surface area contributed by atoms with Crippen LogP contribution in [0.5, 0.6) is 0 Å². The highest BCUT2D eigenvalue weighted by Crippen LogP contribution is 2.26. The van der Waals surface area contributed by atoms with Gasteiger partial charge in [0.25, 0.3) is 0 Å². The van der Waals surface area contributed by atoms with Gasteiger partial charge in [0.1, 0.15) is 5.70 Å². The SMILES string of the molecule is C=C/C(=C\C=C(/C)N1CCC(CS(C)(=O)=O)=C(N(N)c2cccc(C(N)=O)c2)C(=O)C1)N1CCCN=C1N. The molecule has 38 heavy (non-hydrogen) atoms. The molecule has 2 aliphatic heterocycles. The van der Waals surface area contributed by atoms with Crippen LogP contribution >= 0.6 is 0 Å². The first-order valence-electron chi connectivity index (χ1n) is 12.1. The molecule has 3 rings (SSSR count). The van der Waals surface area contributed by atoms with Gasteiger partial charge in [-0.05, 0) is 61.8 Å². The second kappa shape index (κ2) is 12.1. The Kier molecular flexibility index (Phi) is 9.13. The summed E-state index contributed by atoms with van der Waals surface area (Å²) in [4.78, 5) is 33.2. The van der Waals surface area contributed by atoms with E-state index in [0.29, 0.717) is 36.7 Å². The van der Waals surface area contributed by atoms with Gasteiger partial charge in [-0.3, -0.25) is 19.6 Å². The first-order valence-corrected chi connectivity index (χ1v) is 14.2. The number of allylic oxidation sites excluding steroid dienone is 4. The number of ketones is 1. The maximum absolute atomic E-state index is 13.5. The first kappa shape index (κ1) is 28.7. The van der Waals surface area contributed by atoms with Crippen LogP contribution < -0.4 is 22.3 Å². The summed E-state index contributed by atoms with van der Waals surface area (Å²) in [6.45, 7) is 7.56. The summed E-state index contributed by atoms with van der Waals surface area (Å²) < 4.78 is 24.5. The minimum Gasteiger partial charge on any atom is -0.370 e. The van der Waals surface area contributed by atoms with E-state index in [1.165, 1.54) is 12.1 Å². The minimum absolute atomic E-state index is 0.0152. The summed E-state index contributed by atoms with van der Waals surface area (Å²) in [5.74, 6) is 5.49. The molecular weight excluding hydrogens is 506 g/mol. The Morgan fingerprint density at radius 2 is 2.00 bits per heavy atom. The predicted molar refractivity (Wildman–Crippen MR) is 149 cm³/mol. The fourth-order valence-electron chi connectivity index (χ4n) is 4.38. The lowest BCUT2D eigenvalue weighted by Gasteiger charge is -2.28. The number of guanidine groups is 1. The van der Waals surface area contributed by atoms with Gasteiger partial charge in [0.15, 0.2) is 21.6 Å². The third-order valence-corrected chi connectivity index (χ3v) is 7.18. The van der Waals surface area contributed by atoms with Gasteiger partial charge in [-0.15, -0.1) is 0 Å². The van der Waals surface area contributed by atoms with Gasteiger partial charge in [0, 0.05) is 42.8 Å². The van der Waals surface area contributed by atoms with Crippen LogP contribution in [0.4, 0.5) is 5.69 Å². The number of Topliss-reactive ketones (excluding diaryl/α,β-unsaturated/α-hetero) is 1. The Hall–Kier alpha value is -3.90. The number of nitrogens with zero attached hydrogens (tertiary/aromatic N) is 4. The maximum Gasteiger partial charge on any atom is 0.248 e. The lowest BCUT2D eigenvalue weighted by atomic mass is 10.1. The van der Waals surface area contributed by atoms with Gasteiger partial charge in [-0.1, -0.05) is 12.6 Å². The zero-order valence-electron chi connectivity index (χ0n) is 21.8. The number of primary amides is 1. The molecule has 0 aromatic heterocycles. The Labute approximate surface area is 223 Å². The highest BCUT2D eigenvalue weighted by molar-refractivity contribution is 7.90. The van der Waals surface area contributed by atoms with Crippen LogP contribution in [-0.4, -0.2) is 74.1 Å². The number of amides is 1. The second-order valence-electron chi connectivity index (χ2n) is 9.25. The van der Waals surface area contributed by atoms with Crippen LogP contribution in [0.3, 0.4) is 0 Å². The summed E-state index contributed by atoms with van der Waals surface area (Å²) in [7, 11) is -3.46.